The fourth-order valence-electron chi connectivity index (χ4n) is 4.11. The minimum absolute atomic E-state index is 0.0210. The van der Waals surface area contributed by atoms with Crippen LogP contribution in [0.1, 0.15) is 32.1 Å². The number of anilines is 1. The number of nitrogens with zero attached hydrogens (tertiary/aromatic N) is 1. The Morgan fingerprint density at radius 2 is 1.96 bits per heavy atom. The second-order valence-corrected chi connectivity index (χ2v) is 6.94. The van der Waals surface area contributed by atoms with Crippen molar-refractivity contribution in [2.24, 2.45) is 11.8 Å². The van der Waals surface area contributed by atoms with Gasteiger partial charge >= 0.3 is 0 Å². The zero-order chi connectivity index (χ0) is 16.9. The predicted molar refractivity (Wildman–Crippen MR) is 94.7 cm³/mol. The highest BCUT2D eigenvalue weighted by molar-refractivity contribution is 5.93. The minimum Gasteiger partial charge on any atom is -0.497 e. The van der Waals surface area contributed by atoms with Crippen molar-refractivity contribution in [1.29, 1.82) is 0 Å². The monoisotopic (exact) mass is 332 g/mol. The van der Waals surface area contributed by atoms with Crippen LogP contribution < -0.4 is 14.8 Å². The van der Waals surface area contributed by atoms with Crippen LogP contribution >= 0.6 is 0 Å². The number of hydrogen-bond acceptors (Lipinski definition) is 4. The highest BCUT2D eigenvalue weighted by atomic mass is 16.5. The van der Waals surface area contributed by atoms with Gasteiger partial charge in [-0.25, -0.2) is 0 Å². The van der Waals surface area contributed by atoms with Crippen molar-refractivity contribution in [2.75, 3.05) is 39.2 Å². The summed E-state index contributed by atoms with van der Waals surface area (Å²) in [6.07, 6.45) is 6.69. The average molecular weight is 332 g/mol. The van der Waals surface area contributed by atoms with Crippen LogP contribution in [0.25, 0.3) is 0 Å². The molecular formula is C19H28N2O3. The summed E-state index contributed by atoms with van der Waals surface area (Å²) in [4.78, 5) is 14.7. The van der Waals surface area contributed by atoms with Gasteiger partial charge < -0.3 is 14.8 Å². The standard InChI is InChI=1S/C19H28N2O3/c1-23-16-7-8-17(18(11-16)24-2)20-19(22)13-21-10-9-14-5-3-4-6-15(14)12-21/h7-8,11,14-15H,3-6,9-10,12-13H2,1-2H3,(H,20,22)/t14-,15-/m1/s1. The molecule has 5 nitrogen and oxygen atoms in total. The average Bonchev–Trinajstić information content (AvgIpc) is 2.62. The minimum atomic E-state index is 0.0210. The third kappa shape index (κ3) is 4.01. The van der Waals surface area contributed by atoms with Crippen LogP contribution in [0.3, 0.4) is 0 Å². The summed E-state index contributed by atoms with van der Waals surface area (Å²) in [5.41, 5.74) is 0.691. The largest absolute Gasteiger partial charge is 0.497 e. The lowest BCUT2D eigenvalue weighted by Gasteiger charge is -2.41. The molecule has 0 aromatic heterocycles. The summed E-state index contributed by atoms with van der Waals surface area (Å²) >= 11 is 0. The second kappa shape index (κ2) is 7.88. The van der Waals surface area contributed by atoms with E-state index in [1.54, 1.807) is 20.3 Å². The van der Waals surface area contributed by atoms with Crippen molar-refractivity contribution >= 4 is 11.6 Å². The Bertz CT molecular complexity index is 576. The van der Waals surface area contributed by atoms with Crippen molar-refractivity contribution in [3.05, 3.63) is 18.2 Å². The molecule has 1 saturated carbocycles. The maximum atomic E-state index is 12.4. The topological polar surface area (TPSA) is 50.8 Å². The van der Waals surface area contributed by atoms with Crippen molar-refractivity contribution in [1.82, 2.24) is 4.90 Å². The zero-order valence-electron chi connectivity index (χ0n) is 14.7. The fraction of sp³-hybridized carbons (Fsp3) is 0.632. The van der Waals surface area contributed by atoms with E-state index in [-0.39, 0.29) is 5.91 Å². The van der Waals surface area contributed by atoms with E-state index in [0.29, 0.717) is 23.7 Å². The van der Waals surface area contributed by atoms with Crippen LogP contribution in [-0.4, -0.2) is 44.7 Å². The summed E-state index contributed by atoms with van der Waals surface area (Å²) in [5, 5.41) is 2.97. The maximum Gasteiger partial charge on any atom is 0.238 e. The molecule has 2 aliphatic rings. The van der Waals surface area contributed by atoms with Crippen LogP contribution in [0, 0.1) is 11.8 Å². The lowest BCUT2D eigenvalue weighted by molar-refractivity contribution is -0.118. The Labute approximate surface area is 144 Å². The number of ether oxygens (including phenoxy) is 2. The fourth-order valence-corrected chi connectivity index (χ4v) is 4.11. The molecule has 0 radical (unpaired) electrons. The van der Waals surface area contributed by atoms with Crippen molar-refractivity contribution in [3.8, 4) is 11.5 Å². The molecule has 5 heteroatoms. The lowest BCUT2D eigenvalue weighted by Crippen LogP contribution is -2.44. The van der Waals surface area contributed by atoms with Crippen LogP contribution in [-0.2, 0) is 4.79 Å². The van der Waals surface area contributed by atoms with Gasteiger partial charge in [0.15, 0.2) is 0 Å². The number of carbonyl (C=O) groups is 1. The lowest BCUT2D eigenvalue weighted by atomic mass is 9.75. The van der Waals surface area contributed by atoms with Gasteiger partial charge in [-0.15, -0.1) is 0 Å². The first-order valence-corrected chi connectivity index (χ1v) is 8.94. The third-order valence-electron chi connectivity index (χ3n) is 5.43. The molecular weight excluding hydrogens is 304 g/mol. The molecule has 2 atom stereocenters. The first-order valence-electron chi connectivity index (χ1n) is 8.94. The van der Waals surface area contributed by atoms with E-state index < -0.39 is 0 Å². The first kappa shape index (κ1) is 17.1. The van der Waals surface area contributed by atoms with E-state index in [9.17, 15) is 4.79 Å². The Hall–Kier alpha value is -1.75. The van der Waals surface area contributed by atoms with Gasteiger partial charge in [0.2, 0.25) is 5.91 Å². The van der Waals surface area contributed by atoms with Crippen molar-refractivity contribution in [3.63, 3.8) is 0 Å². The number of amides is 1. The van der Waals surface area contributed by atoms with Crippen molar-refractivity contribution in [2.45, 2.75) is 32.1 Å². The van der Waals surface area contributed by atoms with Gasteiger partial charge in [-0.3, -0.25) is 9.69 Å². The molecule has 1 N–H and O–H groups in total. The van der Waals surface area contributed by atoms with Gasteiger partial charge in [-0.05, 0) is 43.4 Å². The number of methoxy groups -OCH3 is 2. The first-order chi connectivity index (χ1) is 11.7. The molecule has 1 aromatic carbocycles. The smallest absolute Gasteiger partial charge is 0.238 e. The summed E-state index contributed by atoms with van der Waals surface area (Å²) in [6, 6.07) is 5.43. The number of carbonyl (C=O) groups excluding carboxylic acids is 1. The number of piperidine rings is 1. The number of rotatable bonds is 5. The van der Waals surface area contributed by atoms with Gasteiger partial charge in [0.05, 0.1) is 26.5 Å². The molecule has 1 aliphatic carbocycles. The van der Waals surface area contributed by atoms with Crippen LogP contribution in [0.4, 0.5) is 5.69 Å². The zero-order valence-corrected chi connectivity index (χ0v) is 14.7. The number of nitrogens with one attached hydrogen (secondary N) is 1. The van der Waals surface area contributed by atoms with E-state index in [1.165, 1.54) is 32.1 Å². The van der Waals surface area contributed by atoms with Gasteiger partial charge in [-0.2, -0.15) is 0 Å². The van der Waals surface area contributed by atoms with E-state index in [0.717, 1.165) is 24.9 Å². The van der Waals surface area contributed by atoms with Crippen LogP contribution in [0.15, 0.2) is 18.2 Å². The molecule has 1 amide bonds. The number of likely N-dealkylation sites (tertiary alicyclic amines) is 1. The predicted octanol–water partition coefficient (Wildman–Crippen LogP) is 3.15. The number of fused-ring (bicyclic) bond motifs is 1. The van der Waals surface area contributed by atoms with Gasteiger partial charge in [-0.1, -0.05) is 19.3 Å². The number of benzene rings is 1. The summed E-state index contributed by atoms with van der Waals surface area (Å²) in [7, 11) is 3.21. The highest BCUT2D eigenvalue weighted by Gasteiger charge is 2.31. The molecule has 132 valence electrons. The van der Waals surface area contributed by atoms with Crippen LogP contribution in [0.2, 0.25) is 0 Å². The molecule has 1 aliphatic heterocycles. The van der Waals surface area contributed by atoms with E-state index >= 15 is 0 Å². The molecule has 0 bridgehead atoms. The SMILES string of the molecule is COc1ccc(NC(=O)CN2CC[C@H]3CCCC[C@@H]3C2)c(OC)c1. The van der Waals surface area contributed by atoms with Gasteiger partial charge in [0.1, 0.15) is 11.5 Å². The Balaban J connectivity index is 1.56. The highest BCUT2D eigenvalue weighted by Crippen LogP contribution is 2.36. The Morgan fingerprint density at radius 1 is 1.17 bits per heavy atom. The molecule has 0 unspecified atom stereocenters. The molecule has 0 spiro atoms. The molecule has 1 heterocycles. The molecule has 1 aromatic rings. The molecule has 1 saturated heterocycles. The summed E-state index contributed by atoms with van der Waals surface area (Å²) in [6.45, 7) is 2.56. The number of hydrogen-bond donors (Lipinski definition) is 1. The normalized spacial score (nSPS) is 24.1. The Morgan fingerprint density at radius 3 is 2.71 bits per heavy atom. The molecule has 3 rings (SSSR count). The summed E-state index contributed by atoms with van der Waals surface area (Å²) in [5.74, 6) is 3.03. The van der Waals surface area contributed by atoms with Crippen LogP contribution in [0.5, 0.6) is 11.5 Å². The second-order valence-electron chi connectivity index (χ2n) is 6.94. The Kier molecular flexibility index (Phi) is 5.61. The molecule has 2 fully saturated rings. The summed E-state index contributed by atoms with van der Waals surface area (Å²) < 4.78 is 10.5. The maximum absolute atomic E-state index is 12.4. The molecule has 24 heavy (non-hydrogen) atoms. The van der Waals surface area contributed by atoms with Gasteiger partial charge in [0, 0.05) is 12.6 Å². The van der Waals surface area contributed by atoms with E-state index in [2.05, 4.69) is 10.2 Å². The van der Waals surface area contributed by atoms with E-state index in [4.69, 9.17) is 9.47 Å². The van der Waals surface area contributed by atoms with Gasteiger partial charge in [0.25, 0.3) is 0 Å². The van der Waals surface area contributed by atoms with E-state index in [1.807, 2.05) is 12.1 Å². The third-order valence-corrected chi connectivity index (χ3v) is 5.43. The van der Waals surface area contributed by atoms with Crippen molar-refractivity contribution < 1.29 is 14.3 Å². The quantitative estimate of drug-likeness (QED) is 0.900.